The van der Waals surface area contributed by atoms with Crippen molar-refractivity contribution < 1.29 is 14.3 Å². The van der Waals surface area contributed by atoms with Crippen LogP contribution in [0.1, 0.15) is 0 Å². The van der Waals surface area contributed by atoms with Crippen molar-refractivity contribution in [1.82, 2.24) is 0 Å². The zero-order valence-electron chi connectivity index (χ0n) is 13.7. The van der Waals surface area contributed by atoms with Gasteiger partial charge < -0.3 is 25.0 Å². The number of hydrogen-bond acceptors (Lipinski definition) is 4. The molecule has 0 aromatic heterocycles. The summed E-state index contributed by atoms with van der Waals surface area (Å²) in [5.41, 5.74) is 2.34. The molecule has 0 aliphatic carbocycles. The maximum absolute atomic E-state index is 12.1. The highest BCUT2D eigenvalue weighted by Gasteiger charge is 2.08. The van der Waals surface area contributed by atoms with E-state index in [4.69, 9.17) is 9.47 Å². The van der Waals surface area contributed by atoms with Crippen LogP contribution in [0.15, 0.2) is 42.5 Å². The number of rotatable bonds is 5. The van der Waals surface area contributed by atoms with E-state index >= 15 is 0 Å². The Morgan fingerprint density at radius 3 is 2.17 bits per heavy atom. The van der Waals surface area contributed by atoms with Gasteiger partial charge in [0.1, 0.15) is 0 Å². The van der Waals surface area contributed by atoms with Crippen LogP contribution in [0.5, 0.6) is 11.5 Å². The van der Waals surface area contributed by atoms with Crippen LogP contribution in [0.25, 0.3) is 0 Å². The Balaban J connectivity index is 2.06. The molecular weight excluding hydrogens is 294 g/mol. The number of benzene rings is 2. The molecule has 2 aromatic carbocycles. The summed E-state index contributed by atoms with van der Waals surface area (Å²) < 4.78 is 10.4. The van der Waals surface area contributed by atoms with Gasteiger partial charge in [0.05, 0.1) is 14.2 Å². The Hall–Kier alpha value is -2.89. The van der Waals surface area contributed by atoms with E-state index in [-0.39, 0.29) is 6.03 Å². The molecule has 0 atom stereocenters. The quantitative estimate of drug-likeness (QED) is 0.887. The zero-order chi connectivity index (χ0) is 16.8. The van der Waals surface area contributed by atoms with Crippen LogP contribution in [0, 0.1) is 0 Å². The first kappa shape index (κ1) is 16.5. The summed E-state index contributed by atoms with van der Waals surface area (Å²) in [5, 5.41) is 5.57. The van der Waals surface area contributed by atoms with Crippen LogP contribution in [-0.2, 0) is 0 Å². The van der Waals surface area contributed by atoms with E-state index in [9.17, 15) is 4.79 Å². The number of hydrogen-bond donors (Lipinski definition) is 2. The molecule has 0 aliphatic rings. The minimum atomic E-state index is -0.326. The predicted molar refractivity (Wildman–Crippen MR) is 93.0 cm³/mol. The lowest BCUT2D eigenvalue weighted by molar-refractivity contribution is 0.262. The first-order chi connectivity index (χ1) is 11.0. The number of anilines is 3. The lowest BCUT2D eigenvalue weighted by atomic mass is 10.2. The van der Waals surface area contributed by atoms with E-state index in [0.717, 1.165) is 5.69 Å². The molecule has 2 rings (SSSR count). The topological polar surface area (TPSA) is 62.8 Å². The Kier molecular flexibility index (Phi) is 5.30. The minimum Gasteiger partial charge on any atom is -0.493 e. The average molecular weight is 315 g/mol. The van der Waals surface area contributed by atoms with Crippen molar-refractivity contribution in [2.45, 2.75) is 0 Å². The molecule has 0 saturated carbocycles. The van der Waals surface area contributed by atoms with E-state index in [0.29, 0.717) is 22.9 Å². The Morgan fingerprint density at radius 1 is 0.913 bits per heavy atom. The van der Waals surface area contributed by atoms with Crippen LogP contribution in [0.3, 0.4) is 0 Å². The van der Waals surface area contributed by atoms with Gasteiger partial charge in [-0.1, -0.05) is 6.07 Å². The van der Waals surface area contributed by atoms with Gasteiger partial charge in [-0.05, 0) is 30.3 Å². The molecule has 0 bridgehead atoms. The number of amides is 2. The lowest BCUT2D eigenvalue weighted by Gasteiger charge is -2.14. The molecule has 0 heterocycles. The molecule has 2 aromatic rings. The molecule has 6 nitrogen and oxygen atoms in total. The molecule has 0 saturated heterocycles. The smallest absolute Gasteiger partial charge is 0.323 e. The Morgan fingerprint density at radius 2 is 1.57 bits per heavy atom. The SMILES string of the molecule is COc1ccc(NC(=O)Nc2cccc(N(C)C)c2)cc1OC. The average Bonchev–Trinajstić information content (AvgIpc) is 2.54. The van der Waals surface area contributed by atoms with E-state index in [1.165, 1.54) is 0 Å². The van der Waals surface area contributed by atoms with Crippen LogP contribution >= 0.6 is 0 Å². The van der Waals surface area contributed by atoms with Crippen molar-refractivity contribution in [3.05, 3.63) is 42.5 Å². The number of urea groups is 1. The lowest BCUT2D eigenvalue weighted by Crippen LogP contribution is -2.19. The summed E-state index contributed by atoms with van der Waals surface area (Å²) in [5.74, 6) is 1.16. The fraction of sp³-hybridized carbons (Fsp3) is 0.235. The van der Waals surface area contributed by atoms with Gasteiger partial charge in [0.15, 0.2) is 11.5 Å². The second-order valence-corrected chi connectivity index (χ2v) is 5.09. The maximum Gasteiger partial charge on any atom is 0.323 e. The highest BCUT2D eigenvalue weighted by Crippen LogP contribution is 2.29. The predicted octanol–water partition coefficient (Wildman–Crippen LogP) is 3.41. The first-order valence-electron chi connectivity index (χ1n) is 7.11. The number of nitrogens with one attached hydrogen (secondary N) is 2. The van der Waals surface area contributed by atoms with Crippen LogP contribution < -0.4 is 25.0 Å². The summed E-state index contributed by atoms with van der Waals surface area (Å²) in [6, 6.07) is 12.5. The molecule has 0 spiro atoms. The van der Waals surface area contributed by atoms with Crippen molar-refractivity contribution >= 4 is 23.1 Å². The summed E-state index contributed by atoms with van der Waals surface area (Å²) in [6.07, 6.45) is 0. The van der Waals surface area contributed by atoms with Crippen molar-refractivity contribution in [2.24, 2.45) is 0 Å². The van der Waals surface area contributed by atoms with Crippen LogP contribution in [-0.4, -0.2) is 34.3 Å². The molecule has 0 aliphatic heterocycles. The number of methoxy groups -OCH3 is 2. The fourth-order valence-electron chi connectivity index (χ4n) is 2.07. The molecular formula is C17H21N3O3. The third-order valence-electron chi connectivity index (χ3n) is 3.26. The molecule has 2 N–H and O–H groups in total. The van der Waals surface area contributed by atoms with Gasteiger partial charge in [0.25, 0.3) is 0 Å². The van der Waals surface area contributed by atoms with E-state index in [1.54, 1.807) is 32.4 Å². The summed E-state index contributed by atoms with van der Waals surface area (Å²) in [4.78, 5) is 14.1. The van der Waals surface area contributed by atoms with Crippen molar-refractivity contribution in [3.8, 4) is 11.5 Å². The summed E-state index contributed by atoms with van der Waals surface area (Å²) in [7, 11) is 7.01. The number of carbonyl (C=O) groups is 1. The van der Waals surface area contributed by atoms with Gasteiger partial charge >= 0.3 is 6.03 Å². The van der Waals surface area contributed by atoms with E-state index < -0.39 is 0 Å². The third-order valence-corrected chi connectivity index (χ3v) is 3.26. The summed E-state index contributed by atoms with van der Waals surface area (Å²) >= 11 is 0. The molecule has 0 radical (unpaired) electrons. The van der Waals surface area contributed by atoms with Gasteiger partial charge in [-0.2, -0.15) is 0 Å². The van der Waals surface area contributed by atoms with Gasteiger partial charge in [-0.3, -0.25) is 0 Å². The third kappa shape index (κ3) is 4.29. The highest BCUT2D eigenvalue weighted by atomic mass is 16.5. The van der Waals surface area contributed by atoms with Crippen molar-refractivity contribution in [3.63, 3.8) is 0 Å². The van der Waals surface area contributed by atoms with Gasteiger partial charge in [0, 0.05) is 37.2 Å². The normalized spacial score (nSPS) is 9.91. The maximum atomic E-state index is 12.1. The molecule has 6 heteroatoms. The second kappa shape index (κ2) is 7.40. The number of ether oxygens (including phenoxy) is 2. The molecule has 122 valence electrons. The van der Waals surface area contributed by atoms with Crippen molar-refractivity contribution in [2.75, 3.05) is 43.8 Å². The molecule has 2 amide bonds. The fourth-order valence-corrected chi connectivity index (χ4v) is 2.07. The second-order valence-electron chi connectivity index (χ2n) is 5.09. The molecule has 0 fully saturated rings. The van der Waals surface area contributed by atoms with Crippen molar-refractivity contribution in [1.29, 1.82) is 0 Å². The van der Waals surface area contributed by atoms with Gasteiger partial charge in [-0.25, -0.2) is 4.79 Å². The monoisotopic (exact) mass is 315 g/mol. The minimum absolute atomic E-state index is 0.326. The molecule has 23 heavy (non-hydrogen) atoms. The van der Waals surface area contributed by atoms with Crippen LogP contribution in [0.2, 0.25) is 0 Å². The van der Waals surface area contributed by atoms with Gasteiger partial charge in [-0.15, -0.1) is 0 Å². The first-order valence-corrected chi connectivity index (χ1v) is 7.11. The molecule has 0 unspecified atom stereocenters. The standard InChI is InChI=1S/C17H21N3O3/c1-20(2)14-7-5-6-12(10-14)18-17(21)19-13-8-9-15(22-3)16(11-13)23-4/h5-11H,1-4H3,(H2,18,19,21). The highest BCUT2D eigenvalue weighted by molar-refractivity contribution is 6.00. The van der Waals surface area contributed by atoms with E-state index in [2.05, 4.69) is 10.6 Å². The van der Waals surface area contributed by atoms with Gasteiger partial charge in [0.2, 0.25) is 0 Å². The number of carbonyl (C=O) groups excluding carboxylic acids is 1. The largest absolute Gasteiger partial charge is 0.493 e. The Labute approximate surface area is 136 Å². The zero-order valence-corrected chi connectivity index (χ0v) is 13.7. The number of nitrogens with zero attached hydrogens (tertiary/aromatic N) is 1. The Bertz CT molecular complexity index is 687. The summed E-state index contributed by atoms with van der Waals surface area (Å²) in [6.45, 7) is 0. The van der Waals surface area contributed by atoms with Crippen LogP contribution in [0.4, 0.5) is 21.9 Å². The van der Waals surface area contributed by atoms with E-state index in [1.807, 2.05) is 43.3 Å².